The van der Waals surface area contributed by atoms with Crippen LogP contribution in [-0.4, -0.2) is 25.9 Å². The molecule has 2 N–H and O–H groups in total. The van der Waals surface area contributed by atoms with E-state index in [2.05, 4.69) is 28.5 Å². The number of imidazole rings is 1. The quantitative estimate of drug-likeness (QED) is 0.864. The molecule has 0 radical (unpaired) electrons. The van der Waals surface area contributed by atoms with Crippen molar-refractivity contribution < 1.29 is 0 Å². The Balaban J connectivity index is 2.48. The van der Waals surface area contributed by atoms with Gasteiger partial charge in [0.05, 0.1) is 17.7 Å². The zero-order valence-corrected chi connectivity index (χ0v) is 10.6. The average Bonchev–Trinajstić information content (AvgIpc) is 2.84. The largest absolute Gasteiger partial charge is 0.330 e. The van der Waals surface area contributed by atoms with Crippen LogP contribution in [0.5, 0.6) is 0 Å². The predicted molar refractivity (Wildman–Crippen MR) is 67.2 cm³/mol. The molecule has 92 valence electrons. The molecule has 0 saturated heterocycles. The van der Waals surface area contributed by atoms with Crippen molar-refractivity contribution in [3.8, 4) is 5.69 Å². The van der Waals surface area contributed by atoms with Gasteiger partial charge in [-0.25, -0.2) is 4.98 Å². The van der Waals surface area contributed by atoms with Gasteiger partial charge in [0.2, 0.25) is 0 Å². The van der Waals surface area contributed by atoms with E-state index in [1.54, 1.807) is 0 Å². The molecule has 5 nitrogen and oxygen atoms in total. The fourth-order valence-electron chi connectivity index (χ4n) is 1.96. The van der Waals surface area contributed by atoms with Crippen LogP contribution in [0.15, 0.2) is 18.7 Å². The minimum atomic E-state index is 0.388. The van der Waals surface area contributed by atoms with E-state index in [4.69, 9.17) is 5.73 Å². The van der Waals surface area contributed by atoms with Crippen LogP contribution in [0, 0.1) is 0 Å². The monoisotopic (exact) mass is 233 g/mol. The zero-order chi connectivity index (χ0) is 12.4. The molecule has 2 heterocycles. The molecule has 0 unspecified atom stereocenters. The summed E-state index contributed by atoms with van der Waals surface area (Å²) in [5.74, 6) is 0.388. The van der Waals surface area contributed by atoms with Gasteiger partial charge in [0.25, 0.3) is 0 Å². The van der Waals surface area contributed by atoms with Crippen LogP contribution in [0.2, 0.25) is 0 Å². The van der Waals surface area contributed by atoms with E-state index in [1.165, 1.54) is 0 Å². The van der Waals surface area contributed by atoms with Gasteiger partial charge in [-0.15, -0.1) is 0 Å². The van der Waals surface area contributed by atoms with Crippen LogP contribution in [0.4, 0.5) is 0 Å². The van der Waals surface area contributed by atoms with Gasteiger partial charge in [-0.3, -0.25) is 9.25 Å². The number of hydrogen-bond donors (Lipinski definition) is 1. The molecule has 0 aliphatic heterocycles. The zero-order valence-electron chi connectivity index (χ0n) is 10.6. The average molecular weight is 233 g/mol. The Kier molecular flexibility index (Phi) is 3.28. The molecule has 0 aliphatic carbocycles. The molecular formula is C12H19N5. The first-order chi connectivity index (χ1) is 8.13. The number of hydrogen-bond acceptors (Lipinski definition) is 3. The van der Waals surface area contributed by atoms with Crippen molar-refractivity contribution in [1.29, 1.82) is 0 Å². The Labute approximate surface area is 101 Å². The van der Waals surface area contributed by atoms with Gasteiger partial charge in [-0.05, 0) is 12.5 Å². The number of nitrogens with two attached hydrogens (primary N) is 1. The van der Waals surface area contributed by atoms with Gasteiger partial charge >= 0.3 is 0 Å². The van der Waals surface area contributed by atoms with Gasteiger partial charge in [-0.2, -0.15) is 5.10 Å². The minimum Gasteiger partial charge on any atom is -0.330 e. The molecule has 0 saturated carbocycles. The second-order valence-corrected chi connectivity index (χ2v) is 4.52. The lowest BCUT2D eigenvalue weighted by Crippen LogP contribution is -2.08. The first-order valence-electron chi connectivity index (χ1n) is 5.88. The Morgan fingerprint density at radius 3 is 2.82 bits per heavy atom. The normalized spacial score (nSPS) is 11.4. The third-order valence-electron chi connectivity index (χ3n) is 2.76. The molecule has 17 heavy (non-hydrogen) atoms. The molecule has 0 atom stereocenters. The molecule has 2 aromatic rings. The summed E-state index contributed by atoms with van der Waals surface area (Å²) in [6.07, 6.45) is 6.54. The van der Waals surface area contributed by atoms with E-state index >= 15 is 0 Å². The maximum atomic E-state index is 5.61. The Morgan fingerprint density at radius 1 is 1.41 bits per heavy atom. The lowest BCUT2D eigenvalue weighted by Gasteiger charge is -2.09. The van der Waals surface area contributed by atoms with E-state index < -0.39 is 0 Å². The molecule has 0 fully saturated rings. The fourth-order valence-corrected chi connectivity index (χ4v) is 1.96. The van der Waals surface area contributed by atoms with Crippen LogP contribution in [0.3, 0.4) is 0 Å². The lowest BCUT2D eigenvalue weighted by atomic mass is 10.1. The van der Waals surface area contributed by atoms with Crippen molar-refractivity contribution in [2.24, 2.45) is 12.8 Å². The molecule has 2 aromatic heterocycles. The van der Waals surface area contributed by atoms with Crippen molar-refractivity contribution in [2.45, 2.75) is 26.2 Å². The molecule has 0 amide bonds. The molecule has 0 bridgehead atoms. The highest BCUT2D eigenvalue weighted by Gasteiger charge is 2.14. The number of aryl methyl sites for hydroxylation is 1. The second-order valence-electron chi connectivity index (χ2n) is 4.52. The highest BCUT2D eigenvalue weighted by atomic mass is 15.3. The Bertz CT molecular complexity index is 495. The van der Waals surface area contributed by atoms with Crippen molar-refractivity contribution in [2.75, 3.05) is 6.54 Å². The third-order valence-corrected chi connectivity index (χ3v) is 2.76. The summed E-state index contributed by atoms with van der Waals surface area (Å²) in [5.41, 5.74) is 8.92. The van der Waals surface area contributed by atoms with Gasteiger partial charge in [-0.1, -0.05) is 13.8 Å². The van der Waals surface area contributed by atoms with E-state index in [9.17, 15) is 0 Å². The summed E-state index contributed by atoms with van der Waals surface area (Å²) in [4.78, 5) is 4.20. The number of aromatic nitrogens is 4. The summed E-state index contributed by atoms with van der Waals surface area (Å²) in [6.45, 7) is 4.92. The van der Waals surface area contributed by atoms with Gasteiger partial charge in [0.1, 0.15) is 0 Å². The topological polar surface area (TPSA) is 61.7 Å². The van der Waals surface area contributed by atoms with E-state index in [0.717, 1.165) is 23.5 Å². The Morgan fingerprint density at radius 2 is 2.18 bits per heavy atom. The van der Waals surface area contributed by atoms with Crippen LogP contribution in [-0.2, 0) is 13.5 Å². The van der Waals surface area contributed by atoms with Gasteiger partial charge < -0.3 is 5.73 Å². The summed E-state index contributed by atoms with van der Waals surface area (Å²) >= 11 is 0. The van der Waals surface area contributed by atoms with Crippen LogP contribution < -0.4 is 5.73 Å². The first kappa shape index (κ1) is 11.9. The van der Waals surface area contributed by atoms with E-state index in [1.807, 2.05) is 30.5 Å². The minimum absolute atomic E-state index is 0.388. The highest BCUT2D eigenvalue weighted by molar-refractivity contribution is 5.38. The summed E-state index contributed by atoms with van der Waals surface area (Å²) in [6, 6.07) is 0. The van der Waals surface area contributed by atoms with Crippen molar-refractivity contribution in [3.63, 3.8) is 0 Å². The smallest absolute Gasteiger partial charge is 0.0995 e. The fraction of sp³-hybridized carbons (Fsp3) is 0.500. The van der Waals surface area contributed by atoms with Gasteiger partial charge in [0, 0.05) is 31.6 Å². The molecule has 0 spiro atoms. The number of nitrogens with zero attached hydrogens (tertiary/aromatic N) is 4. The summed E-state index contributed by atoms with van der Waals surface area (Å²) < 4.78 is 3.92. The molecular weight excluding hydrogens is 214 g/mol. The highest BCUT2D eigenvalue weighted by Crippen LogP contribution is 2.22. The predicted octanol–water partition coefficient (Wildman–Crippen LogP) is 1.23. The maximum Gasteiger partial charge on any atom is 0.0995 e. The molecule has 0 aliphatic rings. The summed E-state index contributed by atoms with van der Waals surface area (Å²) in [7, 11) is 1.94. The summed E-state index contributed by atoms with van der Waals surface area (Å²) in [5, 5.41) is 4.50. The SMILES string of the molecule is CC(C)c1nn(C)cc1-n1cncc1CCN. The van der Waals surface area contributed by atoms with Crippen LogP contribution >= 0.6 is 0 Å². The van der Waals surface area contributed by atoms with Crippen LogP contribution in [0.25, 0.3) is 5.69 Å². The Hall–Kier alpha value is -1.62. The van der Waals surface area contributed by atoms with Gasteiger partial charge in [0.15, 0.2) is 0 Å². The van der Waals surface area contributed by atoms with Crippen molar-refractivity contribution in [3.05, 3.63) is 30.1 Å². The number of rotatable bonds is 4. The lowest BCUT2D eigenvalue weighted by molar-refractivity contribution is 0.711. The third kappa shape index (κ3) is 2.24. The molecule has 0 aromatic carbocycles. The molecule has 2 rings (SSSR count). The standard InChI is InChI=1S/C12H19N5/c1-9(2)12-11(7-16(3)15-12)17-8-14-6-10(17)4-5-13/h6-9H,4-5,13H2,1-3H3. The molecule has 5 heteroatoms. The maximum absolute atomic E-state index is 5.61. The van der Waals surface area contributed by atoms with Crippen LogP contribution in [0.1, 0.15) is 31.2 Å². The van der Waals surface area contributed by atoms with Crippen molar-refractivity contribution >= 4 is 0 Å². The van der Waals surface area contributed by atoms with E-state index in [0.29, 0.717) is 12.5 Å². The van der Waals surface area contributed by atoms with E-state index in [-0.39, 0.29) is 0 Å². The second kappa shape index (κ2) is 4.71. The first-order valence-corrected chi connectivity index (χ1v) is 5.88. The van der Waals surface area contributed by atoms with Crippen molar-refractivity contribution in [1.82, 2.24) is 19.3 Å².